The quantitative estimate of drug-likeness (QED) is 0.610. The van der Waals surface area contributed by atoms with Crippen molar-refractivity contribution in [1.29, 1.82) is 0 Å². The zero-order valence-electron chi connectivity index (χ0n) is 8.59. The van der Waals surface area contributed by atoms with E-state index in [1.165, 1.54) is 0 Å². The Morgan fingerprint density at radius 1 is 0.875 bits per heavy atom. The highest BCUT2D eigenvalue weighted by Gasteiger charge is 2.00. The molecule has 0 saturated heterocycles. The third-order valence-corrected chi connectivity index (χ3v) is 2.46. The predicted molar refractivity (Wildman–Crippen MR) is 63.8 cm³/mol. The highest BCUT2D eigenvalue weighted by Crippen LogP contribution is 2.17. The summed E-state index contributed by atoms with van der Waals surface area (Å²) in [7, 11) is 0. The zero-order valence-corrected chi connectivity index (χ0v) is 8.59. The second kappa shape index (κ2) is 3.74. The summed E-state index contributed by atoms with van der Waals surface area (Å²) in [6, 6.07) is 18.6. The first-order valence-corrected chi connectivity index (χ1v) is 5.12. The monoisotopic (exact) mass is 205 g/mol. The predicted octanol–water partition coefficient (Wildman–Crippen LogP) is 3.10. The molecule has 0 saturated carbocycles. The summed E-state index contributed by atoms with van der Waals surface area (Å²) in [5.74, 6) is 0. The minimum absolute atomic E-state index is 0.896. The molecule has 2 aromatic carbocycles. The molecule has 0 amide bonds. The third kappa shape index (κ3) is 1.54. The van der Waals surface area contributed by atoms with Crippen LogP contribution in [0, 0.1) is 6.07 Å². The lowest BCUT2D eigenvalue weighted by molar-refractivity contribution is 1.29. The van der Waals surface area contributed by atoms with Crippen molar-refractivity contribution in [2.45, 2.75) is 0 Å². The molecule has 75 valence electrons. The van der Waals surface area contributed by atoms with Gasteiger partial charge in [-0.3, -0.25) is 4.98 Å². The van der Waals surface area contributed by atoms with Gasteiger partial charge in [0.2, 0.25) is 0 Å². The van der Waals surface area contributed by atoms with Crippen molar-refractivity contribution >= 4 is 11.0 Å². The molecule has 0 spiro atoms. The maximum Gasteiger partial charge on any atom is 0.0894 e. The Morgan fingerprint density at radius 2 is 1.62 bits per heavy atom. The first kappa shape index (κ1) is 9.04. The second-order valence-corrected chi connectivity index (χ2v) is 3.53. The SMILES string of the molecule is [c]1ccc(-c2cnc3ccccc3n2)cc1. The largest absolute Gasteiger partial charge is 0.252 e. The summed E-state index contributed by atoms with van der Waals surface area (Å²) >= 11 is 0. The second-order valence-electron chi connectivity index (χ2n) is 3.53. The first-order chi connectivity index (χ1) is 7.93. The first-order valence-electron chi connectivity index (χ1n) is 5.12. The van der Waals surface area contributed by atoms with Crippen LogP contribution >= 0.6 is 0 Å². The molecule has 0 aliphatic heterocycles. The molecule has 0 fully saturated rings. The van der Waals surface area contributed by atoms with E-state index in [0.29, 0.717) is 0 Å². The Bertz CT molecular complexity index is 618. The summed E-state index contributed by atoms with van der Waals surface area (Å²) in [6.45, 7) is 0. The molecular weight excluding hydrogens is 196 g/mol. The summed E-state index contributed by atoms with van der Waals surface area (Å²) in [4.78, 5) is 8.95. The third-order valence-electron chi connectivity index (χ3n) is 2.46. The fourth-order valence-corrected chi connectivity index (χ4v) is 1.65. The Balaban J connectivity index is 2.19. The van der Waals surface area contributed by atoms with Crippen molar-refractivity contribution in [3.8, 4) is 11.3 Å². The lowest BCUT2D eigenvalue weighted by Gasteiger charge is -2.01. The van der Waals surface area contributed by atoms with Gasteiger partial charge in [0.05, 0.1) is 22.9 Å². The van der Waals surface area contributed by atoms with E-state index in [2.05, 4.69) is 16.0 Å². The van der Waals surface area contributed by atoms with Crippen molar-refractivity contribution in [1.82, 2.24) is 9.97 Å². The average molecular weight is 205 g/mol. The summed E-state index contributed by atoms with van der Waals surface area (Å²) < 4.78 is 0. The molecule has 0 atom stereocenters. The van der Waals surface area contributed by atoms with Gasteiger partial charge in [-0.1, -0.05) is 36.4 Å². The highest BCUT2D eigenvalue weighted by atomic mass is 14.8. The van der Waals surface area contributed by atoms with Gasteiger partial charge in [0.25, 0.3) is 0 Å². The van der Waals surface area contributed by atoms with E-state index < -0.39 is 0 Å². The van der Waals surface area contributed by atoms with E-state index in [4.69, 9.17) is 0 Å². The van der Waals surface area contributed by atoms with E-state index >= 15 is 0 Å². The van der Waals surface area contributed by atoms with E-state index in [9.17, 15) is 0 Å². The zero-order chi connectivity index (χ0) is 10.8. The Kier molecular flexibility index (Phi) is 2.11. The van der Waals surface area contributed by atoms with Gasteiger partial charge in [-0.2, -0.15) is 0 Å². The molecule has 1 heterocycles. The lowest BCUT2D eigenvalue weighted by atomic mass is 10.1. The summed E-state index contributed by atoms with van der Waals surface area (Å²) in [5, 5.41) is 0. The van der Waals surface area contributed by atoms with Gasteiger partial charge in [-0.15, -0.1) is 0 Å². The molecule has 16 heavy (non-hydrogen) atoms. The number of aromatic nitrogens is 2. The van der Waals surface area contributed by atoms with Gasteiger partial charge in [0, 0.05) is 5.56 Å². The van der Waals surface area contributed by atoms with E-state index in [1.807, 2.05) is 48.5 Å². The molecule has 0 bridgehead atoms. The smallest absolute Gasteiger partial charge is 0.0894 e. The molecule has 2 nitrogen and oxygen atoms in total. The van der Waals surface area contributed by atoms with Crippen molar-refractivity contribution in [2.75, 3.05) is 0 Å². The maximum absolute atomic E-state index is 4.57. The fourth-order valence-electron chi connectivity index (χ4n) is 1.65. The van der Waals surface area contributed by atoms with Crippen LogP contribution in [-0.4, -0.2) is 9.97 Å². The number of para-hydroxylation sites is 2. The van der Waals surface area contributed by atoms with E-state index in [0.717, 1.165) is 22.3 Å². The average Bonchev–Trinajstić information content (AvgIpc) is 2.39. The van der Waals surface area contributed by atoms with Crippen LogP contribution in [0.5, 0.6) is 0 Å². The topological polar surface area (TPSA) is 25.8 Å². The van der Waals surface area contributed by atoms with Gasteiger partial charge < -0.3 is 0 Å². The van der Waals surface area contributed by atoms with Gasteiger partial charge in [0.15, 0.2) is 0 Å². The molecular formula is C14H9N2. The van der Waals surface area contributed by atoms with Crippen LogP contribution in [-0.2, 0) is 0 Å². The van der Waals surface area contributed by atoms with E-state index in [1.54, 1.807) is 6.20 Å². The molecule has 3 aromatic rings. The van der Waals surface area contributed by atoms with Crippen molar-refractivity contribution in [3.63, 3.8) is 0 Å². The minimum Gasteiger partial charge on any atom is -0.252 e. The Labute approximate surface area is 93.6 Å². The number of hydrogen-bond acceptors (Lipinski definition) is 2. The number of hydrogen-bond donors (Lipinski definition) is 0. The maximum atomic E-state index is 4.57. The molecule has 2 heteroatoms. The number of benzene rings is 2. The molecule has 3 rings (SSSR count). The van der Waals surface area contributed by atoms with Crippen molar-refractivity contribution in [2.24, 2.45) is 0 Å². The van der Waals surface area contributed by atoms with Crippen LogP contribution in [0.4, 0.5) is 0 Å². The van der Waals surface area contributed by atoms with Crippen LogP contribution < -0.4 is 0 Å². The van der Waals surface area contributed by atoms with Gasteiger partial charge in [-0.25, -0.2) is 4.98 Å². The van der Waals surface area contributed by atoms with Crippen LogP contribution in [0.1, 0.15) is 0 Å². The van der Waals surface area contributed by atoms with Gasteiger partial charge >= 0.3 is 0 Å². The Hall–Kier alpha value is -2.22. The lowest BCUT2D eigenvalue weighted by Crippen LogP contribution is -1.87. The number of fused-ring (bicyclic) bond motifs is 1. The summed E-state index contributed by atoms with van der Waals surface area (Å²) in [6.07, 6.45) is 1.80. The van der Waals surface area contributed by atoms with Crippen LogP contribution in [0.3, 0.4) is 0 Å². The highest BCUT2D eigenvalue weighted by molar-refractivity contribution is 5.76. The van der Waals surface area contributed by atoms with Crippen molar-refractivity contribution < 1.29 is 0 Å². The van der Waals surface area contributed by atoms with Crippen LogP contribution in [0.15, 0.2) is 54.7 Å². The summed E-state index contributed by atoms with van der Waals surface area (Å²) in [5.41, 5.74) is 3.81. The normalized spacial score (nSPS) is 10.5. The van der Waals surface area contributed by atoms with Crippen molar-refractivity contribution in [3.05, 3.63) is 60.8 Å². The molecule has 0 unspecified atom stereocenters. The van der Waals surface area contributed by atoms with Gasteiger partial charge in [0.1, 0.15) is 0 Å². The fraction of sp³-hybridized carbons (Fsp3) is 0. The van der Waals surface area contributed by atoms with Crippen LogP contribution in [0.2, 0.25) is 0 Å². The van der Waals surface area contributed by atoms with E-state index in [-0.39, 0.29) is 0 Å². The van der Waals surface area contributed by atoms with Gasteiger partial charge in [-0.05, 0) is 18.2 Å². The van der Waals surface area contributed by atoms with Crippen LogP contribution in [0.25, 0.3) is 22.3 Å². The minimum atomic E-state index is 0.896. The molecule has 0 aliphatic rings. The molecule has 0 aliphatic carbocycles. The molecule has 1 radical (unpaired) electrons. The molecule has 1 aromatic heterocycles. The Morgan fingerprint density at radius 3 is 2.44 bits per heavy atom. The standard InChI is InChI=1S/C14H9N2/c1-2-6-11(7-3-1)14-10-15-12-8-4-5-9-13(12)16-14/h2-10H. The number of rotatable bonds is 1. The number of nitrogens with zero attached hydrogens (tertiary/aromatic N) is 2. The molecule has 0 N–H and O–H groups in total.